The average Bonchev–Trinajstić information content (AvgIpc) is 2.81. The minimum Gasteiger partial charge on any atom is -0.466 e. The summed E-state index contributed by atoms with van der Waals surface area (Å²) in [4.78, 5) is 23.8. The summed E-state index contributed by atoms with van der Waals surface area (Å²) in [5.74, 6) is 1.18. The summed E-state index contributed by atoms with van der Waals surface area (Å²) in [6.45, 7) is 10.1. The highest BCUT2D eigenvalue weighted by Crippen LogP contribution is 2.24. The van der Waals surface area contributed by atoms with Gasteiger partial charge in [0.15, 0.2) is 0 Å². The number of carbonyl (C=O) groups excluding carboxylic acids is 2. The lowest BCUT2D eigenvalue weighted by molar-refractivity contribution is -0.145. The molecule has 0 spiro atoms. The van der Waals surface area contributed by atoms with Crippen molar-refractivity contribution in [3.8, 4) is 0 Å². The Kier molecular flexibility index (Phi) is 24.3. The van der Waals surface area contributed by atoms with Crippen LogP contribution in [0.5, 0.6) is 0 Å². The lowest BCUT2D eigenvalue weighted by Gasteiger charge is -2.20. The highest BCUT2D eigenvalue weighted by Gasteiger charge is 2.15. The van der Waals surface area contributed by atoms with Crippen LogP contribution in [0, 0.1) is 11.8 Å². The number of esters is 2. The Morgan fingerprint density at radius 2 is 0.971 bits per heavy atom. The van der Waals surface area contributed by atoms with E-state index in [9.17, 15) is 9.59 Å². The first-order chi connectivity index (χ1) is 16.5. The Bertz CT molecular complexity index is 461. The molecule has 0 aromatic carbocycles. The summed E-state index contributed by atoms with van der Waals surface area (Å²) < 4.78 is 10.7. The molecule has 0 radical (unpaired) electrons. The standard InChI is InChI=1S/C30H58O4/c1-5-7-9-15-19-25-33-29(31)22-18-14-12-11-13-17-21-28(27(3)4)23-24-30(32)34-26-20-16-10-8-6-2/h27-28H,5-26H2,1-4H3. The molecule has 0 aliphatic heterocycles. The van der Waals surface area contributed by atoms with Crippen molar-refractivity contribution in [1.29, 1.82) is 0 Å². The van der Waals surface area contributed by atoms with E-state index in [2.05, 4.69) is 27.7 Å². The Labute approximate surface area is 212 Å². The Balaban J connectivity index is 3.63. The average molecular weight is 483 g/mol. The van der Waals surface area contributed by atoms with E-state index >= 15 is 0 Å². The van der Waals surface area contributed by atoms with Gasteiger partial charge in [0.2, 0.25) is 0 Å². The molecule has 0 aliphatic rings. The molecule has 0 fully saturated rings. The molecule has 0 N–H and O–H groups in total. The van der Waals surface area contributed by atoms with Gasteiger partial charge in [-0.1, -0.05) is 118 Å². The zero-order valence-electron chi connectivity index (χ0n) is 23.3. The molecule has 0 heterocycles. The van der Waals surface area contributed by atoms with Gasteiger partial charge in [-0.25, -0.2) is 0 Å². The van der Waals surface area contributed by atoms with E-state index < -0.39 is 0 Å². The van der Waals surface area contributed by atoms with Crippen LogP contribution in [0.25, 0.3) is 0 Å². The van der Waals surface area contributed by atoms with Crippen LogP contribution in [0.1, 0.15) is 156 Å². The van der Waals surface area contributed by atoms with Gasteiger partial charge in [0, 0.05) is 12.8 Å². The van der Waals surface area contributed by atoms with E-state index in [1.165, 1.54) is 83.5 Å². The van der Waals surface area contributed by atoms with E-state index in [0.29, 0.717) is 37.9 Å². The van der Waals surface area contributed by atoms with Gasteiger partial charge in [0.25, 0.3) is 0 Å². The monoisotopic (exact) mass is 482 g/mol. The second-order valence-corrected chi connectivity index (χ2v) is 10.5. The topological polar surface area (TPSA) is 52.6 Å². The van der Waals surface area contributed by atoms with Gasteiger partial charge in [-0.05, 0) is 37.5 Å². The van der Waals surface area contributed by atoms with Crippen molar-refractivity contribution in [3.05, 3.63) is 0 Å². The maximum absolute atomic E-state index is 12.0. The summed E-state index contributed by atoms with van der Waals surface area (Å²) in [5, 5.41) is 0. The van der Waals surface area contributed by atoms with Crippen molar-refractivity contribution in [2.24, 2.45) is 11.8 Å². The second-order valence-electron chi connectivity index (χ2n) is 10.5. The molecular formula is C30H58O4. The maximum Gasteiger partial charge on any atom is 0.305 e. The molecule has 0 rings (SSSR count). The number of carbonyl (C=O) groups is 2. The van der Waals surface area contributed by atoms with Crippen molar-refractivity contribution < 1.29 is 19.1 Å². The molecule has 0 aromatic heterocycles. The smallest absolute Gasteiger partial charge is 0.305 e. The van der Waals surface area contributed by atoms with Gasteiger partial charge < -0.3 is 9.47 Å². The third-order valence-corrected chi connectivity index (χ3v) is 6.89. The van der Waals surface area contributed by atoms with E-state index in [1.54, 1.807) is 0 Å². The van der Waals surface area contributed by atoms with Gasteiger partial charge in [0.1, 0.15) is 0 Å². The third-order valence-electron chi connectivity index (χ3n) is 6.89. The van der Waals surface area contributed by atoms with E-state index in [-0.39, 0.29) is 11.9 Å². The fourth-order valence-corrected chi connectivity index (χ4v) is 4.42. The van der Waals surface area contributed by atoms with Crippen molar-refractivity contribution in [1.82, 2.24) is 0 Å². The lowest BCUT2D eigenvalue weighted by atomic mass is 9.86. The van der Waals surface area contributed by atoms with Gasteiger partial charge in [-0.2, -0.15) is 0 Å². The lowest BCUT2D eigenvalue weighted by Crippen LogP contribution is -2.13. The molecule has 1 atom stereocenters. The van der Waals surface area contributed by atoms with Crippen LogP contribution in [-0.2, 0) is 19.1 Å². The summed E-state index contributed by atoms with van der Waals surface area (Å²) in [5.41, 5.74) is 0. The fraction of sp³-hybridized carbons (Fsp3) is 0.933. The minimum atomic E-state index is -0.0229. The minimum absolute atomic E-state index is 0.0174. The second kappa shape index (κ2) is 25.0. The van der Waals surface area contributed by atoms with Crippen LogP contribution in [-0.4, -0.2) is 25.2 Å². The van der Waals surface area contributed by atoms with Crippen molar-refractivity contribution in [3.63, 3.8) is 0 Å². The fourth-order valence-electron chi connectivity index (χ4n) is 4.42. The van der Waals surface area contributed by atoms with E-state index in [1.807, 2.05) is 0 Å². The first-order valence-corrected chi connectivity index (χ1v) is 14.8. The highest BCUT2D eigenvalue weighted by molar-refractivity contribution is 5.69. The summed E-state index contributed by atoms with van der Waals surface area (Å²) >= 11 is 0. The number of ether oxygens (including phenoxy) is 2. The summed E-state index contributed by atoms with van der Waals surface area (Å²) in [6.07, 6.45) is 22.1. The van der Waals surface area contributed by atoms with Crippen LogP contribution < -0.4 is 0 Å². The first kappa shape index (κ1) is 32.9. The third kappa shape index (κ3) is 22.7. The van der Waals surface area contributed by atoms with Gasteiger partial charge >= 0.3 is 11.9 Å². The molecule has 34 heavy (non-hydrogen) atoms. The van der Waals surface area contributed by atoms with Crippen LogP contribution in [0.15, 0.2) is 0 Å². The molecule has 0 aromatic rings. The predicted molar refractivity (Wildman–Crippen MR) is 144 cm³/mol. The van der Waals surface area contributed by atoms with Crippen LogP contribution in [0.3, 0.4) is 0 Å². The molecule has 0 bridgehead atoms. The molecule has 0 aliphatic carbocycles. The zero-order chi connectivity index (χ0) is 25.3. The molecule has 1 unspecified atom stereocenters. The Morgan fingerprint density at radius 1 is 0.529 bits per heavy atom. The predicted octanol–water partition coefficient (Wildman–Crippen LogP) is 9.19. The van der Waals surface area contributed by atoms with Crippen molar-refractivity contribution in [2.45, 2.75) is 156 Å². The number of rotatable bonds is 25. The molecular weight excluding hydrogens is 424 g/mol. The molecule has 0 saturated heterocycles. The molecule has 4 nitrogen and oxygen atoms in total. The SMILES string of the molecule is CCCCCCCOC(=O)CCCCCCCCC(CCC(=O)OCCCCCCC)C(C)C. The normalized spacial score (nSPS) is 12.1. The summed E-state index contributed by atoms with van der Waals surface area (Å²) in [7, 11) is 0. The van der Waals surface area contributed by atoms with Gasteiger partial charge in [0.05, 0.1) is 13.2 Å². The van der Waals surface area contributed by atoms with Gasteiger partial charge in [-0.3, -0.25) is 9.59 Å². The Morgan fingerprint density at radius 3 is 1.50 bits per heavy atom. The van der Waals surface area contributed by atoms with Crippen LogP contribution >= 0.6 is 0 Å². The number of hydrogen-bond donors (Lipinski definition) is 0. The van der Waals surface area contributed by atoms with Crippen molar-refractivity contribution >= 4 is 11.9 Å². The largest absolute Gasteiger partial charge is 0.466 e. The van der Waals surface area contributed by atoms with E-state index in [4.69, 9.17) is 9.47 Å². The summed E-state index contributed by atoms with van der Waals surface area (Å²) in [6, 6.07) is 0. The maximum atomic E-state index is 12.0. The molecule has 202 valence electrons. The Hall–Kier alpha value is -1.06. The van der Waals surface area contributed by atoms with Gasteiger partial charge in [-0.15, -0.1) is 0 Å². The number of hydrogen-bond acceptors (Lipinski definition) is 4. The first-order valence-electron chi connectivity index (χ1n) is 14.8. The molecule has 0 amide bonds. The van der Waals surface area contributed by atoms with E-state index in [0.717, 1.165) is 32.1 Å². The molecule has 0 saturated carbocycles. The van der Waals surface area contributed by atoms with Crippen LogP contribution in [0.2, 0.25) is 0 Å². The van der Waals surface area contributed by atoms with Crippen molar-refractivity contribution in [2.75, 3.05) is 13.2 Å². The van der Waals surface area contributed by atoms with Crippen LogP contribution in [0.4, 0.5) is 0 Å². The zero-order valence-corrected chi connectivity index (χ0v) is 23.3. The highest BCUT2D eigenvalue weighted by atomic mass is 16.5. The molecule has 4 heteroatoms. The quantitative estimate of drug-likeness (QED) is 0.0961. The number of unbranched alkanes of at least 4 members (excludes halogenated alkanes) is 13.